The zero-order chi connectivity index (χ0) is 13.8. The second-order valence-electron chi connectivity index (χ2n) is 4.74. The van der Waals surface area contributed by atoms with Crippen molar-refractivity contribution in [2.45, 2.75) is 0 Å². The van der Waals surface area contributed by atoms with Crippen LogP contribution in [0.3, 0.4) is 0 Å². The first-order valence-electron chi connectivity index (χ1n) is 6.56. The quantitative estimate of drug-likeness (QED) is 0.688. The molecule has 0 N–H and O–H groups in total. The molecule has 0 bridgehead atoms. The molecule has 0 fully saturated rings. The summed E-state index contributed by atoms with van der Waals surface area (Å²) in [5.74, 6) is 0. The Labute approximate surface area is 119 Å². The summed E-state index contributed by atoms with van der Waals surface area (Å²) < 4.78 is 0. The van der Waals surface area contributed by atoms with Crippen LogP contribution in [0.2, 0.25) is 0 Å². The maximum Gasteiger partial charge on any atom is 0.210 e. The minimum Gasteiger partial charge on any atom is -0.257 e. The lowest BCUT2D eigenvalue weighted by atomic mass is 10.4. The zero-order valence-corrected chi connectivity index (χ0v) is 12.2. The van der Waals surface area contributed by atoms with Gasteiger partial charge in [0.25, 0.3) is 0 Å². The van der Waals surface area contributed by atoms with Gasteiger partial charge >= 0.3 is 0 Å². The van der Waals surface area contributed by atoms with Gasteiger partial charge in [-0.3, -0.25) is 4.98 Å². The highest BCUT2D eigenvalue weighted by Crippen LogP contribution is 2.50. The average Bonchev–Trinajstić information content (AvgIpc) is 2.56. The summed E-state index contributed by atoms with van der Waals surface area (Å²) in [5.41, 5.74) is 1.07. The van der Waals surface area contributed by atoms with Gasteiger partial charge in [-0.1, -0.05) is 36.4 Å². The van der Waals surface area contributed by atoms with Gasteiger partial charge in [-0.05, 0) is 24.3 Å². The van der Waals surface area contributed by atoms with Crippen molar-refractivity contribution in [1.82, 2.24) is 9.97 Å². The smallest absolute Gasteiger partial charge is 0.210 e. The van der Waals surface area contributed by atoms with Crippen LogP contribution in [0.5, 0.6) is 0 Å². The van der Waals surface area contributed by atoms with Crippen LogP contribution >= 0.6 is 7.26 Å². The maximum atomic E-state index is 4.59. The average molecular weight is 279 g/mol. The lowest BCUT2D eigenvalue weighted by Crippen LogP contribution is -2.32. The SMILES string of the molecule is C[P+](c1ccccc1)(c1ccccc1)c1cnccn1. The summed E-state index contributed by atoms with van der Waals surface area (Å²) in [4.78, 5) is 8.86. The molecule has 2 nitrogen and oxygen atoms in total. The number of rotatable bonds is 3. The molecule has 1 aromatic heterocycles. The highest BCUT2D eigenvalue weighted by molar-refractivity contribution is 7.94. The molecular formula is C17H16N2P+. The van der Waals surface area contributed by atoms with Crippen molar-refractivity contribution in [3.63, 3.8) is 0 Å². The van der Waals surface area contributed by atoms with Crippen molar-refractivity contribution in [3.05, 3.63) is 79.3 Å². The molecule has 3 aromatic rings. The van der Waals surface area contributed by atoms with E-state index >= 15 is 0 Å². The Morgan fingerprint density at radius 3 is 1.75 bits per heavy atom. The van der Waals surface area contributed by atoms with Crippen molar-refractivity contribution in [2.24, 2.45) is 0 Å². The maximum absolute atomic E-state index is 4.59. The molecule has 0 spiro atoms. The topological polar surface area (TPSA) is 25.8 Å². The number of benzene rings is 2. The molecule has 0 saturated heterocycles. The first kappa shape index (κ1) is 13.0. The molecule has 1 heterocycles. The molecule has 0 aliphatic carbocycles. The fourth-order valence-corrected chi connectivity index (χ4v) is 5.35. The van der Waals surface area contributed by atoms with E-state index in [-0.39, 0.29) is 0 Å². The third kappa shape index (κ3) is 2.23. The van der Waals surface area contributed by atoms with Gasteiger partial charge in [0, 0.05) is 12.4 Å². The second-order valence-corrected chi connectivity index (χ2v) is 8.24. The predicted octanol–water partition coefficient (Wildman–Crippen LogP) is 2.40. The molecule has 0 saturated carbocycles. The summed E-state index contributed by atoms with van der Waals surface area (Å²) in [6.45, 7) is 2.31. The second kappa shape index (κ2) is 5.52. The molecule has 98 valence electrons. The zero-order valence-electron chi connectivity index (χ0n) is 11.3. The van der Waals surface area contributed by atoms with E-state index in [1.165, 1.54) is 10.6 Å². The molecule has 3 heteroatoms. The third-order valence-electron chi connectivity index (χ3n) is 3.55. The Kier molecular flexibility index (Phi) is 3.58. The molecular weight excluding hydrogens is 263 g/mol. The summed E-state index contributed by atoms with van der Waals surface area (Å²) in [7, 11) is -1.70. The fourth-order valence-electron chi connectivity index (χ4n) is 2.39. The minimum atomic E-state index is -1.70. The molecule has 2 aromatic carbocycles. The summed E-state index contributed by atoms with van der Waals surface area (Å²) in [6.07, 6.45) is 5.40. The van der Waals surface area contributed by atoms with Crippen molar-refractivity contribution in [1.29, 1.82) is 0 Å². The lowest BCUT2D eigenvalue weighted by Gasteiger charge is -2.21. The first-order chi connectivity index (χ1) is 9.82. The normalized spacial score (nSPS) is 11.2. The number of nitrogens with zero attached hydrogens (tertiary/aromatic N) is 2. The van der Waals surface area contributed by atoms with Crippen LogP contribution in [0.4, 0.5) is 0 Å². The number of aromatic nitrogens is 2. The number of hydrogen-bond acceptors (Lipinski definition) is 2. The van der Waals surface area contributed by atoms with E-state index in [4.69, 9.17) is 0 Å². The third-order valence-corrected chi connectivity index (χ3v) is 7.36. The van der Waals surface area contributed by atoms with Gasteiger partial charge in [-0.15, -0.1) is 0 Å². The molecule has 0 aliphatic heterocycles. The molecule has 0 aliphatic rings. The molecule has 0 radical (unpaired) electrons. The molecule has 20 heavy (non-hydrogen) atoms. The Morgan fingerprint density at radius 1 is 0.750 bits per heavy atom. The standard InChI is InChI=1S/C17H16N2P/c1-20(15-8-4-2-5-9-15,16-10-6-3-7-11-16)17-14-18-12-13-19-17/h2-14H,1H3/q+1. The van der Waals surface area contributed by atoms with E-state index in [1.807, 2.05) is 6.20 Å². The largest absolute Gasteiger partial charge is 0.257 e. The Balaban J connectivity index is 2.24. The Bertz CT molecular complexity index is 572. The summed E-state index contributed by atoms with van der Waals surface area (Å²) in [5, 5.41) is 2.65. The summed E-state index contributed by atoms with van der Waals surface area (Å²) in [6, 6.07) is 21.2. The Hall–Kier alpha value is -2.05. The van der Waals surface area contributed by atoms with Gasteiger partial charge in [0.15, 0.2) is 0 Å². The van der Waals surface area contributed by atoms with E-state index in [2.05, 4.69) is 77.3 Å². The lowest BCUT2D eigenvalue weighted by molar-refractivity contribution is 1.24. The van der Waals surface area contributed by atoms with Crippen LogP contribution in [-0.4, -0.2) is 16.6 Å². The van der Waals surface area contributed by atoms with E-state index in [9.17, 15) is 0 Å². The van der Waals surface area contributed by atoms with Gasteiger partial charge in [-0.2, -0.15) is 0 Å². The van der Waals surface area contributed by atoms with E-state index in [0.29, 0.717) is 0 Å². The summed E-state index contributed by atoms with van der Waals surface area (Å²) >= 11 is 0. The van der Waals surface area contributed by atoms with Crippen molar-refractivity contribution < 1.29 is 0 Å². The molecule has 3 rings (SSSR count). The van der Waals surface area contributed by atoms with Gasteiger partial charge in [0.1, 0.15) is 17.9 Å². The van der Waals surface area contributed by atoms with Crippen LogP contribution in [-0.2, 0) is 0 Å². The number of hydrogen-bond donors (Lipinski definition) is 0. The minimum absolute atomic E-state index is 1.07. The van der Waals surface area contributed by atoms with E-state index in [0.717, 1.165) is 5.44 Å². The van der Waals surface area contributed by atoms with Crippen LogP contribution < -0.4 is 16.0 Å². The van der Waals surface area contributed by atoms with Crippen molar-refractivity contribution in [2.75, 3.05) is 6.66 Å². The molecule has 0 amide bonds. The van der Waals surface area contributed by atoms with Crippen LogP contribution in [0, 0.1) is 0 Å². The van der Waals surface area contributed by atoms with Crippen LogP contribution in [0.15, 0.2) is 79.3 Å². The van der Waals surface area contributed by atoms with Crippen molar-refractivity contribution in [3.8, 4) is 0 Å². The highest BCUT2D eigenvalue weighted by Gasteiger charge is 2.41. The molecule has 0 unspecified atom stereocenters. The van der Waals surface area contributed by atoms with Gasteiger partial charge in [0.05, 0.1) is 12.9 Å². The highest BCUT2D eigenvalue weighted by atomic mass is 31.2. The predicted molar refractivity (Wildman–Crippen MR) is 86.7 cm³/mol. The van der Waals surface area contributed by atoms with Crippen LogP contribution in [0.25, 0.3) is 0 Å². The fraction of sp³-hybridized carbons (Fsp3) is 0.0588. The first-order valence-corrected chi connectivity index (χ1v) is 8.80. The van der Waals surface area contributed by atoms with Gasteiger partial charge in [0.2, 0.25) is 5.44 Å². The van der Waals surface area contributed by atoms with Crippen LogP contribution in [0.1, 0.15) is 0 Å². The monoisotopic (exact) mass is 279 g/mol. The Morgan fingerprint density at radius 2 is 1.30 bits per heavy atom. The van der Waals surface area contributed by atoms with Crippen molar-refractivity contribution >= 4 is 23.3 Å². The van der Waals surface area contributed by atoms with E-state index in [1.54, 1.807) is 12.4 Å². The van der Waals surface area contributed by atoms with Gasteiger partial charge in [-0.25, -0.2) is 4.98 Å². The van der Waals surface area contributed by atoms with Gasteiger partial charge < -0.3 is 0 Å². The molecule has 0 atom stereocenters. The van der Waals surface area contributed by atoms with E-state index < -0.39 is 7.26 Å².